The minimum atomic E-state index is -0.101. The molecule has 20 heavy (non-hydrogen) atoms. The molecule has 0 fully saturated rings. The molecule has 0 atom stereocenters. The molecule has 0 saturated heterocycles. The highest BCUT2D eigenvalue weighted by atomic mass is 16.2. The van der Waals surface area contributed by atoms with Gasteiger partial charge in [0, 0.05) is 24.8 Å². The van der Waals surface area contributed by atoms with Crippen LogP contribution in [0.25, 0.3) is 0 Å². The van der Waals surface area contributed by atoms with Gasteiger partial charge in [-0.15, -0.1) is 0 Å². The molecule has 1 aliphatic heterocycles. The molecule has 3 heteroatoms. The maximum Gasteiger partial charge on any atom is 0.271 e. The van der Waals surface area contributed by atoms with E-state index in [1.165, 1.54) is 5.56 Å². The first-order chi connectivity index (χ1) is 9.15. The molecule has 2 heterocycles. The van der Waals surface area contributed by atoms with Gasteiger partial charge in [-0.2, -0.15) is 0 Å². The van der Waals surface area contributed by atoms with Crippen LogP contribution < -0.4 is 0 Å². The van der Waals surface area contributed by atoms with Gasteiger partial charge in [0.25, 0.3) is 5.91 Å². The minimum Gasteiger partial charge on any atom is -0.342 e. The Labute approximate surface area is 123 Å². The first kappa shape index (κ1) is 15.1. The third-order valence-corrected chi connectivity index (χ3v) is 4.13. The topological polar surface area (TPSA) is 25.2 Å². The van der Waals surface area contributed by atoms with Crippen molar-refractivity contribution in [2.45, 2.75) is 66.5 Å². The van der Waals surface area contributed by atoms with E-state index in [-0.39, 0.29) is 16.9 Å². The summed E-state index contributed by atoms with van der Waals surface area (Å²) >= 11 is 0. The Morgan fingerprint density at radius 3 is 2.35 bits per heavy atom. The van der Waals surface area contributed by atoms with Crippen LogP contribution in [0.2, 0.25) is 0 Å². The SMILES string of the molecule is CCc1ccn2c1C(=O)N(C(C)(C)CC(C)(C)C)CC2. The van der Waals surface area contributed by atoms with Gasteiger partial charge in [-0.1, -0.05) is 27.7 Å². The summed E-state index contributed by atoms with van der Waals surface area (Å²) in [7, 11) is 0. The molecule has 0 saturated carbocycles. The summed E-state index contributed by atoms with van der Waals surface area (Å²) in [6.07, 6.45) is 3.98. The molecular formula is C17H28N2O. The average molecular weight is 276 g/mol. The molecule has 0 spiro atoms. The molecule has 0 radical (unpaired) electrons. The van der Waals surface area contributed by atoms with Crippen LogP contribution in [0.15, 0.2) is 12.3 Å². The molecule has 1 aromatic rings. The number of aryl methyl sites for hydroxylation is 1. The quantitative estimate of drug-likeness (QED) is 0.826. The van der Waals surface area contributed by atoms with Crippen molar-refractivity contribution in [2.24, 2.45) is 5.41 Å². The Bertz CT molecular complexity index is 492. The normalized spacial score (nSPS) is 16.5. The van der Waals surface area contributed by atoms with Crippen molar-refractivity contribution in [1.29, 1.82) is 0 Å². The minimum absolute atomic E-state index is 0.101. The zero-order valence-corrected chi connectivity index (χ0v) is 13.8. The first-order valence-electron chi connectivity index (χ1n) is 7.66. The number of aromatic nitrogens is 1. The summed E-state index contributed by atoms with van der Waals surface area (Å²) in [6, 6.07) is 2.09. The summed E-state index contributed by atoms with van der Waals surface area (Å²) in [5, 5.41) is 0. The second-order valence-corrected chi connectivity index (χ2v) is 7.74. The van der Waals surface area contributed by atoms with E-state index >= 15 is 0 Å². The highest BCUT2D eigenvalue weighted by Crippen LogP contribution is 2.34. The number of carbonyl (C=O) groups excluding carboxylic acids is 1. The Balaban J connectivity index is 2.30. The van der Waals surface area contributed by atoms with E-state index in [9.17, 15) is 4.79 Å². The van der Waals surface area contributed by atoms with Gasteiger partial charge < -0.3 is 9.47 Å². The van der Waals surface area contributed by atoms with E-state index in [4.69, 9.17) is 0 Å². The maximum absolute atomic E-state index is 12.9. The van der Waals surface area contributed by atoms with Crippen molar-refractivity contribution in [3.63, 3.8) is 0 Å². The van der Waals surface area contributed by atoms with E-state index < -0.39 is 0 Å². The number of carbonyl (C=O) groups is 1. The molecule has 0 bridgehead atoms. The predicted octanol–water partition coefficient (Wildman–Crippen LogP) is 3.72. The molecule has 0 unspecified atom stereocenters. The summed E-state index contributed by atoms with van der Waals surface area (Å²) < 4.78 is 2.12. The summed E-state index contributed by atoms with van der Waals surface area (Å²) in [4.78, 5) is 15.0. The number of hydrogen-bond donors (Lipinski definition) is 0. The van der Waals surface area contributed by atoms with Crippen molar-refractivity contribution >= 4 is 5.91 Å². The van der Waals surface area contributed by atoms with Crippen molar-refractivity contribution in [1.82, 2.24) is 9.47 Å². The molecule has 2 rings (SSSR count). The molecule has 1 aliphatic rings. The maximum atomic E-state index is 12.9. The van der Waals surface area contributed by atoms with Gasteiger partial charge in [-0.05, 0) is 43.7 Å². The van der Waals surface area contributed by atoms with Crippen LogP contribution in [0.4, 0.5) is 0 Å². The molecule has 112 valence electrons. The third kappa shape index (κ3) is 2.77. The van der Waals surface area contributed by atoms with E-state index in [1.807, 2.05) is 0 Å². The van der Waals surface area contributed by atoms with Crippen LogP contribution in [0.5, 0.6) is 0 Å². The Morgan fingerprint density at radius 1 is 1.15 bits per heavy atom. The van der Waals surface area contributed by atoms with Crippen LogP contribution in [-0.4, -0.2) is 27.5 Å². The average Bonchev–Trinajstić information content (AvgIpc) is 2.69. The number of rotatable bonds is 3. The fourth-order valence-electron chi connectivity index (χ4n) is 3.66. The molecule has 0 aliphatic carbocycles. The Morgan fingerprint density at radius 2 is 1.80 bits per heavy atom. The van der Waals surface area contributed by atoms with Crippen molar-refractivity contribution < 1.29 is 4.79 Å². The number of fused-ring (bicyclic) bond motifs is 1. The van der Waals surface area contributed by atoms with Crippen LogP contribution in [0.3, 0.4) is 0 Å². The van der Waals surface area contributed by atoms with Crippen molar-refractivity contribution in [2.75, 3.05) is 6.54 Å². The van der Waals surface area contributed by atoms with Crippen LogP contribution >= 0.6 is 0 Å². The van der Waals surface area contributed by atoms with Gasteiger partial charge in [0.05, 0.1) is 0 Å². The summed E-state index contributed by atoms with van der Waals surface area (Å²) in [6.45, 7) is 14.9. The van der Waals surface area contributed by atoms with Gasteiger partial charge in [-0.25, -0.2) is 0 Å². The van der Waals surface area contributed by atoms with E-state index in [0.717, 1.165) is 31.6 Å². The monoisotopic (exact) mass is 276 g/mol. The standard InChI is InChI=1S/C17H28N2O/c1-7-13-8-9-18-10-11-19(15(20)14(13)18)17(5,6)12-16(2,3)4/h8-9H,7,10-12H2,1-6H3. The molecule has 0 N–H and O–H groups in total. The Kier molecular flexibility index (Phi) is 3.74. The van der Waals surface area contributed by atoms with E-state index in [1.54, 1.807) is 0 Å². The number of nitrogens with zero attached hydrogens (tertiary/aromatic N) is 2. The predicted molar refractivity (Wildman–Crippen MR) is 83.0 cm³/mol. The summed E-state index contributed by atoms with van der Waals surface area (Å²) in [5.74, 6) is 0.201. The summed E-state index contributed by atoms with van der Waals surface area (Å²) in [5.41, 5.74) is 2.19. The lowest BCUT2D eigenvalue weighted by atomic mass is 9.80. The van der Waals surface area contributed by atoms with Crippen molar-refractivity contribution in [3.05, 3.63) is 23.5 Å². The lowest BCUT2D eigenvalue weighted by Crippen LogP contribution is -2.53. The van der Waals surface area contributed by atoms with E-state index in [0.29, 0.717) is 0 Å². The third-order valence-electron chi connectivity index (χ3n) is 4.13. The fraction of sp³-hybridized carbons (Fsp3) is 0.706. The molecule has 0 aromatic carbocycles. The Hall–Kier alpha value is -1.25. The van der Waals surface area contributed by atoms with Gasteiger partial charge >= 0.3 is 0 Å². The van der Waals surface area contributed by atoms with Gasteiger partial charge in [-0.3, -0.25) is 4.79 Å². The number of amides is 1. The molecular weight excluding hydrogens is 248 g/mol. The number of hydrogen-bond acceptors (Lipinski definition) is 1. The molecule has 1 amide bonds. The van der Waals surface area contributed by atoms with Crippen molar-refractivity contribution in [3.8, 4) is 0 Å². The van der Waals surface area contributed by atoms with Gasteiger partial charge in [0.1, 0.15) is 5.69 Å². The zero-order valence-electron chi connectivity index (χ0n) is 13.8. The zero-order chi connectivity index (χ0) is 15.1. The molecule has 3 nitrogen and oxygen atoms in total. The highest BCUT2D eigenvalue weighted by Gasteiger charge is 2.38. The van der Waals surface area contributed by atoms with Crippen LogP contribution in [0, 0.1) is 5.41 Å². The lowest BCUT2D eigenvalue weighted by Gasteiger charge is -2.44. The van der Waals surface area contributed by atoms with Gasteiger partial charge in [0.15, 0.2) is 0 Å². The fourth-order valence-corrected chi connectivity index (χ4v) is 3.66. The lowest BCUT2D eigenvalue weighted by molar-refractivity contribution is 0.0371. The second kappa shape index (κ2) is 4.94. The van der Waals surface area contributed by atoms with Gasteiger partial charge in [0.2, 0.25) is 0 Å². The van der Waals surface area contributed by atoms with Crippen LogP contribution in [-0.2, 0) is 13.0 Å². The largest absolute Gasteiger partial charge is 0.342 e. The first-order valence-corrected chi connectivity index (χ1v) is 7.66. The highest BCUT2D eigenvalue weighted by molar-refractivity contribution is 5.95. The second-order valence-electron chi connectivity index (χ2n) is 7.74. The smallest absolute Gasteiger partial charge is 0.271 e. The van der Waals surface area contributed by atoms with E-state index in [2.05, 4.69) is 63.3 Å². The van der Waals surface area contributed by atoms with Crippen LogP contribution in [0.1, 0.15) is 64.0 Å². The molecule has 1 aromatic heterocycles.